The van der Waals surface area contributed by atoms with Crippen LogP contribution >= 0.6 is 0 Å². The van der Waals surface area contributed by atoms with Crippen LogP contribution in [0.15, 0.2) is 11.6 Å². The maximum atomic E-state index is 4.02. The Morgan fingerprint density at radius 1 is 1.04 bits per heavy atom. The minimum absolute atomic E-state index is 0.542. The van der Waals surface area contributed by atoms with Crippen molar-refractivity contribution in [3.63, 3.8) is 0 Å². The highest BCUT2D eigenvalue weighted by atomic mass is 14.9. The van der Waals surface area contributed by atoms with Crippen molar-refractivity contribution < 1.29 is 0 Å². The molecule has 0 aromatic carbocycles. The summed E-state index contributed by atoms with van der Waals surface area (Å²) in [5.74, 6) is 3.95. The van der Waals surface area contributed by atoms with Crippen LogP contribution in [0.4, 0.5) is 0 Å². The second-order valence-electron chi connectivity index (χ2n) is 10.3. The molecule has 0 amide bonds. The van der Waals surface area contributed by atoms with Crippen LogP contribution in [0.2, 0.25) is 0 Å². The van der Waals surface area contributed by atoms with Crippen molar-refractivity contribution in [1.29, 1.82) is 0 Å². The van der Waals surface area contributed by atoms with Gasteiger partial charge >= 0.3 is 0 Å². The molecule has 4 aliphatic carbocycles. The predicted molar refractivity (Wildman–Crippen MR) is 108 cm³/mol. The summed E-state index contributed by atoms with van der Waals surface area (Å²) >= 11 is 0. The Balaban J connectivity index is 1.63. The van der Waals surface area contributed by atoms with Crippen LogP contribution in [-0.2, 0) is 0 Å². The lowest BCUT2D eigenvalue weighted by Crippen LogP contribution is -2.60. The molecule has 4 aliphatic rings. The first-order chi connectivity index (χ1) is 12.1. The standard InChI is InChI=1S/C24H41N/c1-5-16-25-22-9-7-8-18-10-12-19-20-13-11-17(6-2)23(20,3)15-14-21(19)24(18,22)4/h6,18-22,25H,5,7-16H2,1-4H3/b17-6+/t18-,19-,20-,21-,22?,23-,24-/m0/s1. The zero-order chi connectivity index (χ0) is 17.7. The molecule has 1 heteroatoms. The van der Waals surface area contributed by atoms with E-state index >= 15 is 0 Å². The van der Waals surface area contributed by atoms with Gasteiger partial charge in [-0.05, 0) is 106 Å². The average molecular weight is 344 g/mol. The Morgan fingerprint density at radius 2 is 1.88 bits per heavy atom. The second kappa shape index (κ2) is 6.70. The number of fused-ring (bicyclic) bond motifs is 5. The van der Waals surface area contributed by atoms with E-state index in [9.17, 15) is 0 Å². The summed E-state index contributed by atoms with van der Waals surface area (Å²) in [4.78, 5) is 0. The topological polar surface area (TPSA) is 12.0 Å². The summed E-state index contributed by atoms with van der Waals surface area (Å²) in [6, 6.07) is 0.783. The maximum absolute atomic E-state index is 4.02. The van der Waals surface area contributed by atoms with Crippen molar-refractivity contribution in [1.82, 2.24) is 5.32 Å². The van der Waals surface area contributed by atoms with Gasteiger partial charge in [0, 0.05) is 6.04 Å². The minimum atomic E-state index is 0.542. The molecular formula is C24H41N. The fraction of sp³-hybridized carbons (Fsp3) is 0.917. The highest BCUT2D eigenvalue weighted by Crippen LogP contribution is 2.67. The summed E-state index contributed by atoms with van der Waals surface area (Å²) in [7, 11) is 0. The van der Waals surface area contributed by atoms with Gasteiger partial charge in [-0.3, -0.25) is 0 Å². The van der Waals surface area contributed by atoms with E-state index in [0.717, 1.165) is 29.7 Å². The van der Waals surface area contributed by atoms with Crippen LogP contribution in [0.25, 0.3) is 0 Å². The molecule has 0 bridgehead atoms. The van der Waals surface area contributed by atoms with Crippen molar-refractivity contribution in [3.05, 3.63) is 11.6 Å². The molecule has 0 aromatic rings. The van der Waals surface area contributed by atoms with Gasteiger partial charge in [0.15, 0.2) is 0 Å². The van der Waals surface area contributed by atoms with Gasteiger partial charge in [0.05, 0.1) is 0 Å². The molecule has 0 heterocycles. The minimum Gasteiger partial charge on any atom is -0.313 e. The highest BCUT2D eigenvalue weighted by Gasteiger charge is 2.60. The molecule has 4 rings (SSSR count). The lowest BCUT2D eigenvalue weighted by atomic mass is 9.44. The zero-order valence-corrected chi connectivity index (χ0v) is 17.2. The largest absolute Gasteiger partial charge is 0.313 e. The lowest BCUT2D eigenvalue weighted by molar-refractivity contribution is -0.113. The molecule has 4 saturated carbocycles. The summed E-state index contributed by atoms with van der Waals surface area (Å²) in [6.07, 6.45) is 17.0. The molecular weight excluding hydrogens is 302 g/mol. The van der Waals surface area contributed by atoms with E-state index in [1.54, 1.807) is 5.57 Å². The van der Waals surface area contributed by atoms with Gasteiger partial charge < -0.3 is 5.32 Å². The van der Waals surface area contributed by atoms with Gasteiger partial charge in [0.1, 0.15) is 0 Å². The van der Waals surface area contributed by atoms with E-state index < -0.39 is 0 Å². The summed E-state index contributed by atoms with van der Waals surface area (Å²) in [6.45, 7) is 11.2. The lowest BCUT2D eigenvalue weighted by Gasteiger charge is -2.62. The van der Waals surface area contributed by atoms with Crippen molar-refractivity contribution in [2.75, 3.05) is 6.54 Å². The number of hydrogen-bond acceptors (Lipinski definition) is 1. The molecule has 142 valence electrons. The molecule has 0 saturated heterocycles. The Morgan fingerprint density at radius 3 is 2.64 bits per heavy atom. The molecule has 25 heavy (non-hydrogen) atoms. The van der Waals surface area contributed by atoms with Gasteiger partial charge in [-0.15, -0.1) is 0 Å². The fourth-order valence-electron chi connectivity index (χ4n) is 8.31. The summed E-state index contributed by atoms with van der Waals surface area (Å²) in [5.41, 5.74) is 2.91. The zero-order valence-electron chi connectivity index (χ0n) is 17.2. The Bertz CT molecular complexity index is 522. The molecule has 1 unspecified atom stereocenters. The van der Waals surface area contributed by atoms with E-state index in [-0.39, 0.29) is 0 Å². The molecule has 7 atom stereocenters. The van der Waals surface area contributed by atoms with Crippen LogP contribution in [0.1, 0.15) is 91.9 Å². The van der Waals surface area contributed by atoms with E-state index in [4.69, 9.17) is 0 Å². The van der Waals surface area contributed by atoms with Crippen LogP contribution in [-0.4, -0.2) is 12.6 Å². The maximum Gasteiger partial charge on any atom is 0.0126 e. The number of nitrogens with one attached hydrogen (secondary N) is 1. The monoisotopic (exact) mass is 343 g/mol. The summed E-state index contributed by atoms with van der Waals surface area (Å²) < 4.78 is 0. The molecule has 0 aromatic heterocycles. The van der Waals surface area contributed by atoms with Gasteiger partial charge in [-0.1, -0.05) is 38.8 Å². The molecule has 1 nitrogen and oxygen atoms in total. The van der Waals surface area contributed by atoms with E-state index in [0.29, 0.717) is 10.8 Å². The molecule has 0 radical (unpaired) electrons. The smallest absolute Gasteiger partial charge is 0.0126 e. The Labute approximate surface area is 156 Å². The number of rotatable bonds is 3. The molecule has 0 aliphatic heterocycles. The van der Waals surface area contributed by atoms with Crippen LogP contribution in [0.3, 0.4) is 0 Å². The van der Waals surface area contributed by atoms with Gasteiger partial charge in [-0.2, -0.15) is 0 Å². The van der Waals surface area contributed by atoms with E-state index in [1.165, 1.54) is 70.8 Å². The Hall–Kier alpha value is -0.300. The summed E-state index contributed by atoms with van der Waals surface area (Å²) in [5, 5.41) is 4.02. The second-order valence-corrected chi connectivity index (χ2v) is 10.3. The first-order valence-electron chi connectivity index (χ1n) is 11.4. The SMILES string of the molecule is C/C=C1\CC[C@H]2[C@@H]3CC[C@@H]4CCCC(NCCC)[C@]4(C)[C@H]3CC[C@@]12C. The number of allylic oxidation sites excluding steroid dienone is 2. The van der Waals surface area contributed by atoms with Crippen molar-refractivity contribution in [2.45, 2.75) is 97.9 Å². The highest BCUT2D eigenvalue weighted by molar-refractivity contribution is 5.24. The molecule has 0 spiro atoms. The molecule has 4 fully saturated rings. The normalized spacial score (nSPS) is 51.0. The van der Waals surface area contributed by atoms with Gasteiger partial charge in [0.2, 0.25) is 0 Å². The average Bonchev–Trinajstić information content (AvgIpc) is 2.96. The van der Waals surface area contributed by atoms with E-state index in [1.807, 2.05) is 0 Å². The fourth-order valence-corrected chi connectivity index (χ4v) is 8.31. The van der Waals surface area contributed by atoms with Gasteiger partial charge in [-0.25, -0.2) is 0 Å². The quantitative estimate of drug-likeness (QED) is 0.589. The third-order valence-electron chi connectivity index (χ3n) is 9.60. The van der Waals surface area contributed by atoms with E-state index in [2.05, 4.69) is 39.1 Å². The Kier molecular flexibility index (Phi) is 4.84. The third kappa shape index (κ3) is 2.59. The first-order valence-corrected chi connectivity index (χ1v) is 11.4. The number of hydrogen-bond donors (Lipinski definition) is 1. The van der Waals surface area contributed by atoms with Crippen molar-refractivity contribution in [2.24, 2.45) is 34.5 Å². The molecule has 1 N–H and O–H groups in total. The predicted octanol–water partition coefficient (Wildman–Crippen LogP) is 6.34. The van der Waals surface area contributed by atoms with Crippen molar-refractivity contribution >= 4 is 0 Å². The van der Waals surface area contributed by atoms with Gasteiger partial charge in [0.25, 0.3) is 0 Å². The third-order valence-corrected chi connectivity index (χ3v) is 9.60. The van der Waals surface area contributed by atoms with Crippen LogP contribution < -0.4 is 5.32 Å². The van der Waals surface area contributed by atoms with Crippen molar-refractivity contribution in [3.8, 4) is 0 Å². The van der Waals surface area contributed by atoms with Crippen LogP contribution in [0, 0.1) is 34.5 Å². The van der Waals surface area contributed by atoms with Crippen LogP contribution in [0.5, 0.6) is 0 Å². The first kappa shape index (κ1) is 18.1.